The highest BCUT2D eigenvalue weighted by molar-refractivity contribution is 5.94. The third-order valence-electron chi connectivity index (χ3n) is 2.73. The molecule has 0 saturated carbocycles. The standard InChI is InChI=1S/C13H22N4O/c1-9(2)11(8-17(3)4)16-13(18)10-5-6-15-12(14)7-10/h5-7,9,11H,8H2,1-4H3,(H2,14,15)(H,16,18). The fourth-order valence-electron chi connectivity index (χ4n) is 1.66. The van der Waals surface area contributed by atoms with Gasteiger partial charge in [-0.2, -0.15) is 0 Å². The molecule has 3 N–H and O–H groups in total. The average Bonchev–Trinajstić information content (AvgIpc) is 2.27. The molecule has 1 atom stereocenters. The van der Waals surface area contributed by atoms with Gasteiger partial charge in [-0.05, 0) is 32.1 Å². The number of pyridine rings is 1. The number of aromatic nitrogens is 1. The van der Waals surface area contributed by atoms with Gasteiger partial charge in [-0.1, -0.05) is 13.8 Å². The number of hydrogen-bond acceptors (Lipinski definition) is 4. The molecule has 100 valence electrons. The van der Waals surface area contributed by atoms with Crippen molar-refractivity contribution in [1.29, 1.82) is 0 Å². The van der Waals surface area contributed by atoms with Gasteiger partial charge in [0.2, 0.25) is 0 Å². The lowest BCUT2D eigenvalue weighted by Gasteiger charge is -2.25. The summed E-state index contributed by atoms with van der Waals surface area (Å²) < 4.78 is 0. The van der Waals surface area contributed by atoms with E-state index >= 15 is 0 Å². The number of amides is 1. The fourth-order valence-corrected chi connectivity index (χ4v) is 1.66. The topological polar surface area (TPSA) is 71.2 Å². The number of nitrogens with two attached hydrogens (primary N) is 1. The molecule has 0 bridgehead atoms. The molecule has 1 rings (SSSR count). The average molecular weight is 250 g/mol. The van der Waals surface area contributed by atoms with Crippen LogP contribution >= 0.6 is 0 Å². The Balaban J connectivity index is 2.72. The van der Waals surface area contributed by atoms with Crippen LogP contribution in [-0.4, -0.2) is 42.5 Å². The van der Waals surface area contributed by atoms with Gasteiger partial charge in [0.25, 0.3) is 5.91 Å². The van der Waals surface area contributed by atoms with Crippen LogP contribution in [0.2, 0.25) is 0 Å². The van der Waals surface area contributed by atoms with Crippen molar-refractivity contribution in [3.63, 3.8) is 0 Å². The van der Waals surface area contributed by atoms with Gasteiger partial charge in [0.1, 0.15) is 5.82 Å². The van der Waals surface area contributed by atoms with Crippen molar-refractivity contribution in [2.45, 2.75) is 19.9 Å². The summed E-state index contributed by atoms with van der Waals surface area (Å²) in [5.74, 6) is 0.622. The van der Waals surface area contributed by atoms with E-state index in [1.807, 2.05) is 14.1 Å². The Labute approximate surface area is 108 Å². The van der Waals surface area contributed by atoms with Crippen molar-refractivity contribution < 1.29 is 4.79 Å². The van der Waals surface area contributed by atoms with Gasteiger partial charge < -0.3 is 16.0 Å². The molecule has 0 fully saturated rings. The summed E-state index contributed by atoms with van der Waals surface area (Å²) in [6.07, 6.45) is 1.54. The number of carbonyl (C=O) groups is 1. The number of anilines is 1. The van der Waals surface area contributed by atoms with Gasteiger partial charge in [-0.15, -0.1) is 0 Å². The van der Waals surface area contributed by atoms with E-state index in [0.29, 0.717) is 17.3 Å². The zero-order valence-electron chi connectivity index (χ0n) is 11.5. The lowest BCUT2D eigenvalue weighted by atomic mass is 10.0. The van der Waals surface area contributed by atoms with Crippen LogP contribution in [0.15, 0.2) is 18.3 Å². The van der Waals surface area contributed by atoms with Crippen molar-refractivity contribution >= 4 is 11.7 Å². The van der Waals surface area contributed by atoms with E-state index in [0.717, 1.165) is 6.54 Å². The third kappa shape index (κ3) is 4.33. The molecule has 1 amide bonds. The predicted octanol–water partition coefficient (Wildman–Crippen LogP) is 0.980. The molecule has 1 unspecified atom stereocenters. The van der Waals surface area contributed by atoms with Crippen LogP contribution in [0, 0.1) is 5.92 Å². The van der Waals surface area contributed by atoms with Crippen LogP contribution in [0.25, 0.3) is 0 Å². The van der Waals surface area contributed by atoms with Gasteiger partial charge >= 0.3 is 0 Å². The largest absolute Gasteiger partial charge is 0.384 e. The number of hydrogen-bond donors (Lipinski definition) is 2. The molecular formula is C13H22N4O. The molecule has 1 heterocycles. The number of carbonyl (C=O) groups excluding carboxylic acids is 1. The Morgan fingerprint density at radius 3 is 2.67 bits per heavy atom. The van der Waals surface area contributed by atoms with Crippen LogP contribution in [0.5, 0.6) is 0 Å². The van der Waals surface area contributed by atoms with Crippen molar-refractivity contribution in [3.05, 3.63) is 23.9 Å². The number of nitrogens with zero attached hydrogens (tertiary/aromatic N) is 2. The van der Waals surface area contributed by atoms with E-state index in [1.54, 1.807) is 18.3 Å². The Morgan fingerprint density at radius 2 is 2.17 bits per heavy atom. The Kier molecular flexibility index (Phi) is 5.09. The maximum Gasteiger partial charge on any atom is 0.251 e. The smallest absolute Gasteiger partial charge is 0.251 e. The summed E-state index contributed by atoms with van der Waals surface area (Å²) in [5, 5.41) is 3.03. The molecule has 0 spiro atoms. The first-order chi connectivity index (χ1) is 8.40. The molecule has 0 aliphatic heterocycles. The van der Waals surface area contributed by atoms with E-state index in [2.05, 4.69) is 29.0 Å². The summed E-state index contributed by atoms with van der Waals surface area (Å²) in [6, 6.07) is 3.36. The first-order valence-electron chi connectivity index (χ1n) is 6.07. The number of nitrogens with one attached hydrogen (secondary N) is 1. The lowest BCUT2D eigenvalue weighted by molar-refractivity contribution is 0.0916. The second-order valence-corrected chi connectivity index (χ2v) is 5.06. The lowest BCUT2D eigenvalue weighted by Crippen LogP contribution is -2.45. The Hall–Kier alpha value is -1.62. The van der Waals surface area contributed by atoms with Crippen molar-refractivity contribution in [3.8, 4) is 0 Å². The van der Waals surface area contributed by atoms with Crippen LogP contribution in [0.4, 0.5) is 5.82 Å². The summed E-state index contributed by atoms with van der Waals surface area (Å²) in [7, 11) is 3.98. The second kappa shape index (κ2) is 6.35. The minimum Gasteiger partial charge on any atom is -0.384 e. The molecule has 1 aromatic heterocycles. The van der Waals surface area contributed by atoms with Crippen molar-refractivity contribution in [1.82, 2.24) is 15.2 Å². The van der Waals surface area contributed by atoms with Crippen LogP contribution < -0.4 is 11.1 Å². The number of nitrogen functional groups attached to an aromatic ring is 1. The normalized spacial score (nSPS) is 12.8. The molecular weight excluding hydrogens is 228 g/mol. The van der Waals surface area contributed by atoms with Crippen LogP contribution in [0.3, 0.4) is 0 Å². The van der Waals surface area contributed by atoms with Gasteiger partial charge in [0.15, 0.2) is 0 Å². The van der Waals surface area contributed by atoms with E-state index < -0.39 is 0 Å². The van der Waals surface area contributed by atoms with Crippen molar-refractivity contribution in [2.24, 2.45) is 5.92 Å². The fraction of sp³-hybridized carbons (Fsp3) is 0.538. The summed E-state index contributed by atoms with van der Waals surface area (Å²) in [4.78, 5) is 18.0. The zero-order chi connectivity index (χ0) is 13.7. The SMILES string of the molecule is CC(C)C(CN(C)C)NC(=O)c1ccnc(N)c1. The highest BCUT2D eigenvalue weighted by Crippen LogP contribution is 2.07. The minimum absolute atomic E-state index is 0.107. The minimum atomic E-state index is -0.107. The summed E-state index contributed by atoms with van der Waals surface area (Å²) in [6.45, 7) is 4.99. The van der Waals surface area contributed by atoms with Crippen LogP contribution in [0.1, 0.15) is 24.2 Å². The van der Waals surface area contributed by atoms with Gasteiger partial charge in [-0.3, -0.25) is 4.79 Å². The van der Waals surface area contributed by atoms with Gasteiger partial charge in [0, 0.05) is 24.3 Å². The Bertz CT molecular complexity index is 404. The molecule has 5 nitrogen and oxygen atoms in total. The predicted molar refractivity (Wildman–Crippen MR) is 73.3 cm³/mol. The third-order valence-corrected chi connectivity index (χ3v) is 2.73. The maximum atomic E-state index is 12.1. The van der Waals surface area contributed by atoms with Gasteiger partial charge in [0.05, 0.1) is 0 Å². The molecule has 0 aromatic carbocycles. The molecule has 0 saturated heterocycles. The van der Waals surface area contributed by atoms with Gasteiger partial charge in [-0.25, -0.2) is 4.98 Å². The number of likely N-dealkylation sites (N-methyl/N-ethyl adjacent to an activating group) is 1. The van der Waals surface area contributed by atoms with Crippen LogP contribution in [-0.2, 0) is 0 Å². The molecule has 0 aliphatic rings. The van der Waals surface area contributed by atoms with E-state index in [-0.39, 0.29) is 11.9 Å². The maximum absolute atomic E-state index is 12.1. The van der Waals surface area contributed by atoms with E-state index in [1.165, 1.54) is 0 Å². The first-order valence-corrected chi connectivity index (χ1v) is 6.07. The van der Waals surface area contributed by atoms with Crippen molar-refractivity contribution in [2.75, 3.05) is 26.4 Å². The highest BCUT2D eigenvalue weighted by Gasteiger charge is 2.17. The second-order valence-electron chi connectivity index (χ2n) is 5.06. The van der Waals surface area contributed by atoms with E-state index in [9.17, 15) is 4.79 Å². The number of rotatable bonds is 5. The molecule has 1 aromatic rings. The van der Waals surface area contributed by atoms with E-state index in [4.69, 9.17) is 5.73 Å². The highest BCUT2D eigenvalue weighted by atomic mass is 16.1. The Morgan fingerprint density at radius 1 is 1.50 bits per heavy atom. The molecule has 5 heteroatoms. The summed E-state index contributed by atoms with van der Waals surface area (Å²) >= 11 is 0. The molecule has 0 aliphatic carbocycles. The quantitative estimate of drug-likeness (QED) is 0.817. The zero-order valence-corrected chi connectivity index (χ0v) is 11.5. The molecule has 0 radical (unpaired) electrons. The molecule has 18 heavy (non-hydrogen) atoms. The first kappa shape index (κ1) is 14.4. The summed E-state index contributed by atoms with van der Waals surface area (Å²) in [5.41, 5.74) is 6.12. The monoisotopic (exact) mass is 250 g/mol.